The Balaban J connectivity index is 2.30. The third-order valence-electron chi connectivity index (χ3n) is 2.57. The van der Waals surface area contributed by atoms with Gasteiger partial charge in [0.1, 0.15) is 5.82 Å². The Morgan fingerprint density at radius 3 is 2.90 bits per heavy atom. The smallest absolute Gasteiger partial charge is 0.260 e. The minimum atomic E-state index is -0.319. The zero-order valence-corrected chi connectivity index (χ0v) is 12.5. The molecule has 0 aliphatic heterocycles. The molecular weight excluding hydrogens is 322 g/mol. The fourth-order valence-electron chi connectivity index (χ4n) is 1.69. The molecule has 0 atom stereocenters. The monoisotopic (exact) mass is 335 g/mol. The first-order chi connectivity index (χ1) is 9.63. The van der Waals surface area contributed by atoms with Gasteiger partial charge < -0.3 is 15.8 Å². The van der Waals surface area contributed by atoms with E-state index in [1.165, 1.54) is 0 Å². The van der Waals surface area contributed by atoms with Gasteiger partial charge in [0.05, 0.1) is 22.3 Å². The van der Waals surface area contributed by atoms with E-state index < -0.39 is 0 Å². The number of nitrogens with one attached hydrogen (secondary N) is 1. The maximum Gasteiger partial charge on any atom is 0.260 e. The van der Waals surface area contributed by atoms with Gasteiger partial charge in [-0.1, -0.05) is 6.07 Å². The fourth-order valence-corrected chi connectivity index (χ4v) is 2.05. The molecular formula is C14H14BrN3O2. The molecule has 6 heteroatoms. The van der Waals surface area contributed by atoms with Crippen LogP contribution in [0.5, 0.6) is 5.75 Å². The van der Waals surface area contributed by atoms with Crippen molar-refractivity contribution in [3.05, 3.63) is 46.6 Å². The molecule has 2 aromatic rings. The summed E-state index contributed by atoms with van der Waals surface area (Å²) in [5.74, 6) is 0.516. The summed E-state index contributed by atoms with van der Waals surface area (Å²) in [5, 5.41) is 2.72. The number of nitrogen functional groups attached to an aromatic ring is 1. The van der Waals surface area contributed by atoms with E-state index in [1.54, 1.807) is 36.5 Å². The van der Waals surface area contributed by atoms with Crippen molar-refractivity contribution in [1.82, 2.24) is 4.98 Å². The molecule has 0 aliphatic carbocycles. The highest BCUT2D eigenvalue weighted by Gasteiger charge is 2.16. The molecule has 1 amide bonds. The molecule has 104 valence electrons. The number of nitrogens with zero attached hydrogens (tertiary/aromatic N) is 1. The van der Waals surface area contributed by atoms with Crippen molar-refractivity contribution in [3.8, 4) is 5.75 Å². The summed E-state index contributed by atoms with van der Waals surface area (Å²) in [4.78, 5) is 16.4. The van der Waals surface area contributed by atoms with Crippen molar-refractivity contribution in [2.75, 3.05) is 17.7 Å². The number of carbonyl (C=O) groups is 1. The number of carbonyl (C=O) groups excluding carboxylic acids is 1. The van der Waals surface area contributed by atoms with E-state index in [1.807, 2.05) is 6.92 Å². The Morgan fingerprint density at radius 1 is 1.40 bits per heavy atom. The van der Waals surface area contributed by atoms with Crippen LogP contribution in [0.3, 0.4) is 0 Å². The van der Waals surface area contributed by atoms with E-state index in [4.69, 9.17) is 10.5 Å². The number of halogens is 1. The quantitative estimate of drug-likeness (QED) is 0.841. The largest absolute Gasteiger partial charge is 0.491 e. The van der Waals surface area contributed by atoms with Crippen molar-refractivity contribution >= 4 is 33.3 Å². The molecule has 0 saturated carbocycles. The van der Waals surface area contributed by atoms with Crippen LogP contribution in [-0.2, 0) is 0 Å². The van der Waals surface area contributed by atoms with E-state index in [-0.39, 0.29) is 5.91 Å². The highest BCUT2D eigenvalue weighted by molar-refractivity contribution is 9.10. The zero-order valence-electron chi connectivity index (χ0n) is 10.9. The Morgan fingerprint density at radius 2 is 2.20 bits per heavy atom. The maximum absolute atomic E-state index is 12.3. The Labute approximate surface area is 125 Å². The van der Waals surface area contributed by atoms with Crippen molar-refractivity contribution in [1.29, 1.82) is 0 Å². The first-order valence-corrected chi connectivity index (χ1v) is 6.86. The Bertz CT molecular complexity index is 632. The molecule has 5 nitrogen and oxygen atoms in total. The first-order valence-electron chi connectivity index (χ1n) is 6.06. The van der Waals surface area contributed by atoms with Crippen LogP contribution >= 0.6 is 15.9 Å². The molecule has 20 heavy (non-hydrogen) atoms. The molecule has 1 heterocycles. The summed E-state index contributed by atoms with van der Waals surface area (Å²) in [6.07, 6.45) is 1.60. The molecule has 0 aliphatic rings. The number of hydrogen-bond donors (Lipinski definition) is 2. The standard InChI is InChI=1S/C14H14BrN3O2/c1-2-20-12-9(5-3-7-11(12)16)14(19)18-13-10(15)6-4-8-17-13/h3-8H,2,16H2,1H3,(H,17,18,19). The molecule has 1 aromatic carbocycles. The summed E-state index contributed by atoms with van der Waals surface area (Å²) >= 11 is 3.33. The van der Waals surface area contributed by atoms with Gasteiger partial charge in [-0.05, 0) is 47.1 Å². The van der Waals surface area contributed by atoms with Crippen LogP contribution < -0.4 is 15.8 Å². The minimum absolute atomic E-state index is 0.319. The Hall–Kier alpha value is -2.08. The van der Waals surface area contributed by atoms with Crippen molar-refractivity contribution < 1.29 is 9.53 Å². The fraction of sp³-hybridized carbons (Fsp3) is 0.143. The number of amides is 1. The van der Waals surface area contributed by atoms with Crippen LogP contribution in [0, 0.1) is 0 Å². The van der Waals surface area contributed by atoms with Gasteiger partial charge >= 0.3 is 0 Å². The molecule has 0 unspecified atom stereocenters. The van der Waals surface area contributed by atoms with Crippen molar-refractivity contribution in [2.45, 2.75) is 6.92 Å². The SMILES string of the molecule is CCOc1c(N)cccc1C(=O)Nc1ncccc1Br. The van der Waals surface area contributed by atoms with Crippen molar-refractivity contribution in [2.24, 2.45) is 0 Å². The van der Waals surface area contributed by atoms with E-state index in [0.717, 1.165) is 0 Å². The second-order valence-electron chi connectivity index (χ2n) is 3.94. The van der Waals surface area contributed by atoms with Crippen LogP contribution in [-0.4, -0.2) is 17.5 Å². The average molecular weight is 336 g/mol. The highest BCUT2D eigenvalue weighted by atomic mass is 79.9. The lowest BCUT2D eigenvalue weighted by molar-refractivity contribution is 0.102. The molecule has 1 aromatic heterocycles. The molecule has 3 N–H and O–H groups in total. The van der Waals surface area contributed by atoms with Crippen LogP contribution in [0.4, 0.5) is 11.5 Å². The van der Waals surface area contributed by atoms with Gasteiger partial charge in [-0.3, -0.25) is 4.79 Å². The number of nitrogens with two attached hydrogens (primary N) is 1. The number of anilines is 2. The van der Waals surface area contributed by atoms with E-state index in [2.05, 4.69) is 26.2 Å². The number of para-hydroxylation sites is 1. The van der Waals surface area contributed by atoms with Gasteiger partial charge in [0.15, 0.2) is 5.75 Å². The van der Waals surface area contributed by atoms with Gasteiger partial charge in [0.2, 0.25) is 0 Å². The average Bonchev–Trinajstić information content (AvgIpc) is 2.43. The van der Waals surface area contributed by atoms with Gasteiger partial charge in [-0.2, -0.15) is 0 Å². The van der Waals surface area contributed by atoms with E-state index in [0.29, 0.717) is 33.9 Å². The summed E-state index contributed by atoms with van der Waals surface area (Å²) < 4.78 is 6.14. The van der Waals surface area contributed by atoms with Gasteiger partial charge in [-0.25, -0.2) is 4.98 Å². The second-order valence-corrected chi connectivity index (χ2v) is 4.80. The lowest BCUT2D eigenvalue weighted by atomic mass is 10.1. The third-order valence-corrected chi connectivity index (χ3v) is 3.21. The first kappa shape index (κ1) is 14.3. The topological polar surface area (TPSA) is 77.2 Å². The maximum atomic E-state index is 12.3. The summed E-state index contributed by atoms with van der Waals surface area (Å²) in [6.45, 7) is 2.27. The van der Waals surface area contributed by atoms with Crippen LogP contribution in [0.2, 0.25) is 0 Å². The van der Waals surface area contributed by atoms with Crippen LogP contribution in [0.25, 0.3) is 0 Å². The second kappa shape index (κ2) is 6.38. The summed E-state index contributed by atoms with van der Waals surface area (Å²) in [7, 11) is 0. The van der Waals surface area contributed by atoms with Gasteiger partial charge in [-0.15, -0.1) is 0 Å². The Kier molecular flexibility index (Phi) is 4.57. The number of aromatic nitrogens is 1. The molecule has 0 bridgehead atoms. The predicted octanol–water partition coefficient (Wildman–Crippen LogP) is 3.08. The lowest BCUT2D eigenvalue weighted by Crippen LogP contribution is -2.15. The summed E-state index contributed by atoms with van der Waals surface area (Å²) in [6, 6.07) is 8.63. The number of ether oxygens (including phenoxy) is 1. The molecule has 2 rings (SSSR count). The number of pyridine rings is 1. The minimum Gasteiger partial charge on any atom is -0.491 e. The predicted molar refractivity (Wildman–Crippen MR) is 81.9 cm³/mol. The van der Waals surface area contributed by atoms with Crippen LogP contribution in [0.15, 0.2) is 41.0 Å². The van der Waals surface area contributed by atoms with Gasteiger partial charge in [0, 0.05) is 6.20 Å². The molecule has 0 radical (unpaired) electrons. The zero-order chi connectivity index (χ0) is 14.5. The number of hydrogen-bond acceptors (Lipinski definition) is 4. The number of benzene rings is 1. The summed E-state index contributed by atoms with van der Waals surface area (Å²) in [5.41, 5.74) is 6.65. The van der Waals surface area contributed by atoms with Crippen LogP contribution in [0.1, 0.15) is 17.3 Å². The molecule has 0 spiro atoms. The van der Waals surface area contributed by atoms with Crippen molar-refractivity contribution in [3.63, 3.8) is 0 Å². The lowest BCUT2D eigenvalue weighted by Gasteiger charge is -2.12. The number of rotatable bonds is 4. The van der Waals surface area contributed by atoms with E-state index in [9.17, 15) is 4.79 Å². The van der Waals surface area contributed by atoms with Gasteiger partial charge in [0.25, 0.3) is 5.91 Å². The molecule has 0 saturated heterocycles. The molecule has 0 fully saturated rings. The highest BCUT2D eigenvalue weighted by Crippen LogP contribution is 2.28. The third kappa shape index (κ3) is 3.08. The van der Waals surface area contributed by atoms with E-state index >= 15 is 0 Å². The normalized spacial score (nSPS) is 10.1.